The summed E-state index contributed by atoms with van der Waals surface area (Å²) in [5.74, 6) is -0.761. The van der Waals surface area contributed by atoms with Crippen molar-refractivity contribution in [3.63, 3.8) is 0 Å². The highest BCUT2D eigenvalue weighted by molar-refractivity contribution is 6.36. The Labute approximate surface area is 179 Å². The van der Waals surface area contributed by atoms with Crippen LogP contribution < -0.4 is 10.6 Å². The maximum Gasteiger partial charge on any atom is 0.410 e. The van der Waals surface area contributed by atoms with Gasteiger partial charge in [-0.25, -0.2) is 4.68 Å². The smallest absolute Gasteiger partial charge is 0.362 e. The van der Waals surface area contributed by atoms with Crippen molar-refractivity contribution in [2.45, 2.75) is 24.7 Å². The Balaban J connectivity index is 1.69. The Kier molecular flexibility index (Phi) is 5.38. The summed E-state index contributed by atoms with van der Waals surface area (Å²) in [5, 5.41) is 9.78. The van der Waals surface area contributed by atoms with E-state index in [1.807, 2.05) is 0 Å². The van der Waals surface area contributed by atoms with Crippen molar-refractivity contribution >= 4 is 40.6 Å². The molecular weight excluding hydrogens is 440 g/mol. The fourth-order valence-corrected chi connectivity index (χ4v) is 3.75. The molecule has 2 aromatic carbocycles. The molecule has 30 heavy (non-hydrogen) atoms. The van der Waals surface area contributed by atoms with E-state index in [0.29, 0.717) is 16.3 Å². The van der Waals surface area contributed by atoms with Gasteiger partial charge in [0.1, 0.15) is 10.8 Å². The largest absolute Gasteiger partial charge is 0.410 e. The summed E-state index contributed by atoms with van der Waals surface area (Å²) in [7, 11) is 0. The lowest BCUT2D eigenvalue weighted by atomic mass is 9.97. The molecule has 0 aliphatic carbocycles. The van der Waals surface area contributed by atoms with Crippen LogP contribution >= 0.6 is 23.2 Å². The van der Waals surface area contributed by atoms with Gasteiger partial charge in [-0.05, 0) is 29.8 Å². The van der Waals surface area contributed by atoms with E-state index in [-0.39, 0.29) is 23.0 Å². The lowest BCUT2D eigenvalue weighted by Crippen LogP contribution is -2.35. The zero-order valence-corrected chi connectivity index (χ0v) is 16.8. The summed E-state index contributed by atoms with van der Waals surface area (Å²) >= 11 is 12.1. The Bertz CT molecular complexity index is 1070. The molecule has 0 spiro atoms. The molecule has 5 nitrogen and oxygen atoms in total. The Hall–Kier alpha value is -2.71. The molecule has 2 atom stereocenters. The fraction of sp³-hybridized carbons (Fsp3) is 0.200. The fourth-order valence-electron chi connectivity index (χ4n) is 3.36. The second-order valence-corrected chi connectivity index (χ2v) is 7.63. The summed E-state index contributed by atoms with van der Waals surface area (Å²) in [4.78, 5) is 12.6. The monoisotopic (exact) mass is 454 g/mol. The maximum atomic E-state index is 13.8. The highest BCUT2D eigenvalue weighted by Gasteiger charge is 2.47. The number of alkyl halides is 3. The zero-order valence-electron chi connectivity index (χ0n) is 15.3. The van der Waals surface area contributed by atoms with Crippen molar-refractivity contribution in [1.29, 1.82) is 0 Å². The molecule has 1 aliphatic rings. The number of benzene rings is 2. The SMILES string of the molecule is O=C(Nc1ccc(Cl)cc1)c1nn2c(c1Cl)N[C@H](c1ccccc1)C[C@H]2C(F)(F)F. The number of nitrogens with one attached hydrogen (secondary N) is 2. The second-order valence-electron chi connectivity index (χ2n) is 6.82. The highest BCUT2D eigenvalue weighted by Crippen LogP contribution is 2.46. The molecule has 10 heteroatoms. The van der Waals surface area contributed by atoms with Crippen LogP contribution in [0, 0.1) is 0 Å². The van der Waals surface area contributed by atoms with Gasteiger partial charge in [-0.1, -0.05) is 53.5 Å². The van der Waals surface area contributed by atoms with Crippen LogP contribution in [0.5, 0.6) is 0 Å². The predicted octanol–water partition coefficient (Wildman–Crippen LogP) is 6.10. The van der Waals surface area contributed by atoms with Gasteiger partial charge in [0.05, 0.1) is 6.04 Å². The van der Waals surface area contributed by atoms with Crippen LogP contribution in [0.15, 0.2) is 54.6 Å². The first-order valence-corrected chi connectivity index (χ1v) is 9.72. The summed E-state index contributed by atoms with van der Waals surface area (Å²) in [6.45, 7) is 0. The van der Waals surface area contributed by atoms with E-state index in [1.165, 1.54) is 0 Å². The second kappa shape index (κ2) is 7.85. The highest BCUT2D eigenvalue weighted by atomic mass is 35.5. The quantitative estimate of drug-likeness (QED) is 0.502. The number of fused-ring (bicyclic) bond motifs is 1. The third-order valence-electron chi connectivity index (χ3n) is 4.81. The minimum Gasteiger partial charge on any atom is -0.362 e. The molecule has 2 N–H and O–H groups in total. The van der Waals surface area contributed by atoms with Gasteiger partial charge in [-0.2, -0.15) is 18.3 Å². The number of rotatable bonds is 3. The van der Waals surface area contributed by atoms with Crippen molar-refractivity contribution in [3.8, 4) is 0 Å². The normalized spacial score (nSPS) is 18.4. The van der Waals surface area contributed by atoms with Crippen LogP contribution in [0.3, 0.4) is 0 Å². The van der Waals surface area contributed by atoms with Gasteiger partial charge >= 0.3 is 6.18 Å². The number of carbonyl (C=O) groups excluding carboxylic acids is 1. The molecule has 0 saturated heterocycles. The van der Waals surface area contributed by atoms with E-state index in [4.69, 9.17) is 23.2 Å². The first kappa shape index (κ1) is 20.6. The van der Waals surface area contributed by atoms with Crippen molar-refractivity contribution in [1.82, 2.24) is 9.78 Å². The molecule has 1 amide bonds. The summed E-state index contributed by atoms with van der Waals surface area (Å²) < 4.78 is 42.1. The van der Waals surface area contributed by atoms with E-state index in [1.54, 1.807) is 54.6 Å². The van der Waals surface area contributed by atoms with E-state index in [0.717, 1.165) is 4.68 Å². The standard InChI is InChI=1S/C20H15Cl2F3N4O/c21-12-6-8-13(9-7-12)26-19(30)17-16(22)18-27-14(11-4-2-1-3-5-11)10-15(20(23,24)25)29(18)28-17/h1-9,14-15,27H,10H2,(H,26,30)/t14-,15-/m0/s1. The predicted molar refractivity (Wildman–Crippen MR) is 109 cm³/mol. The average molecular weight is 455 g/mol. The number of hydrogen-bond donors (Lipinski definition) is 2. The lowest BCUT2D eigenvalue weighted by Gasteiger charge is -2.33. The number of halogens is 5. The van der Waals surface area contributed by atoms with Crippen LogP contribution in [-0.4, -0.2) is 21.9 Å². The average Bonchev–Trinajstić information content (AvgIpc) is 3.05. The molecule has 0 bridgehead atoms. The molecule has 2 heterocycles. The van der Waals surface area contributed by atoms with Gasteiger partial charge in [-0.15, -0.1) is 0 Å². The van der Waals surface area contributed by atoms with E-state index in [9.17, 15) is 18.0 Å². The first-order chi connectivity index (χ1) is 14.2. The van der Waals surface area contributed by atoms with Crippen LogP contribution in [0.4, 0.5) is 24.7 Å². The minimum atomic E-state index is -4.57. The lowest BCUT2D eigenvalue weighted by molar-refractivity contribution is -0.173. The third-order valence-corrected chi connectivity index (χ3v) is 5.42. The van der Waals surface area contributed by atoms with E-state index in [2.05, 4.69) is 15.7 Å². The molecule has 4 rings (SSSR count). The van der Waals surface area contributed by atoms with Crippen molar-refractivity contribution in [2.75, 3.05) is 10.6 Å². The number of aromatic nitrogens is 2. The van der Waals surface area contributed by atoms with Crippen LogP contribution in [0.25, 0.3) is 0 Å². The van der Waals surface area contributed by atoms with Gasteiger partial charge in [0, 0.05) is 17.1 Å². The summed E-state index contributed by atoms with van der Waals surface area (Å²) in [6, 6.07) is 12.5. The number of anilines is 2. The van der Waals surface area contributed by atoms with Gasteiger partial charge < -0.3 is 10.6 Å². The molecule has 1 aliphatic heterocycles. The maximum absolute atomic E-state index is 13.8. The van der Waals surface area contributed by atoms with Crippen LogP contribution in [0.2, 0.25) is 10.0 Å². The van der Waals surface area contributed by atoms with E-state index >= 15 is 0 Å². The number of hydrogen-bond acceptors (Lipinski definition) is 3. The topological polar surface area (TPSA) is 59.0 Å². The molecule has 0 radical (unpaired) electrons. The Morgan fingerprint density at radius 3 is 2.40 bits per heavy atom. The zero-order chi connectivity index (χ0) is 21.5. The summed E-state index contributed by atoms with van der Waals surface area (Å²) in [5.41, 5.74) is 0.799. The van der Waals surface area contributed by atoms with Crippen LogP contribution in [0.1, 0.15) is 34.6 Å². The molecular formula is C20H15Cl2F3N4O. The van der Waals surface area contributed by atoms with Crippen molar-refractivity contribution in [3.05, 3.63) is 75.9 Å². The van der Waals surface area contributed by atoms with Crippen LogP contribution in [-0.2, 0) is 0 Å². The number of amides is 1. The number of carbonyl (C=O) groups is 1. The van der Waals surface area contributed by atoms with Gasteiger partial charge in [0.25, 0.3) is 5.91 Å². The molecule has 0 saturated carbocycles. The van der Waals surface area contributed by atoms with E-state index < -0.39 is 24.2 Å². The van der Waals surface area contributed by atoms with Gasteiger partial charge in [0.15, 0.2) is 11.7 Å². The van der Waals surface area contributed by atoms with Gasteiger partial charge in [0.2, 0.25) is 0 Å². The molecule has 0 unspecified atom stereocenters. The van der Waals surface area contributed by atoms with Crippen molar-refractivity contribution in [2.24, 2.45) is 0 Å². The molecule has 0 fully saturated rings. The number of nitrogens with zero attached hydrogens (tertiary/aromatic N) is 2. The third kappa shape index (κ3) is 3.97. The first-order valence-electron chi connectivity index (χ1n) is 8.97. The molecule has 156 valence electrons. The minimum absolute atomic E-state index is 0.0413. The van der Waals surface area contributed by atoms with Crippen molar-refractivity contribution < 1.29 is 18.0 Å². The van der Waals surface area contributed by atoms with Gasteiger partial charge in [-0.3, -0.25) is 4.79 Å². The summed E-state index contributed by atoms with van der Waals surface area (Å²) in [6.07, 6.45) is -4.85. The molecule has 1 aromatic heterocycles. The Morgan fingerprint density at radius 1 is 1.10 bits per heavy atom. The molecule has 3 aromatic rings. The Morgan fingerprint density at radius 2 is 1.77 bits per heavy atom.